The van der Waals surface area contributed by atoms with Gasteiger partial charge in [-0.05, 0) is 36.2 Å². The maximum atomic E-state index is 12.2. The number of esters is 1. The average molecular weight is 413 g/mol. The van der Waals surface area contributed by atoms with Gasteiger partial charge in [0.2, 0.25) is 5.89 Å². The highest BCUT2D eigenvalue weighted by Gasteiger charge is 2.14. The number of carbonyl (C=O) groups excluding carboxylic acids is 1. The second kappa shape index (κ2) is 9.76. The van der Waals surface area contributed by atoms with Crippen LogP contribution in [0.3, 0.4) is 0 Å². The van der Waals surface area contributed by atoms with Crippen molar-refractivity contribution < 1.29 is 18.7 Å². The van der Waals surface area contributed by atoms with Crippen LogP contribution in [0.15, 0.2) is 89.3 Å². The molecule has 1 heterocycles. The zero-order valence-electron chi connectivity index (χ0n) is 17.3. The lowest BCUT2D eigenvalue weighted by atomic mass is 10.0. The third kappa shape index (κ3) is 5.39. The van der Waals surface area contributed by atoms with E-state index < -0.39 is 5.97 Å². The molecule has 1 aromatic heterocycles. The largest absolute Gasteiger partial charge is 0.482 e. The Morgan fingerprint density at radius 2 is 1.58 bits per heavy atom. The second-order valence-electron chi connectivity index (χ2n) is 7.11. The fraction of sp³-hybridized carbons (Fsp3) is 0.154. The summed E-state index contributed by atoms with van der Waals surface area (Å²) in [6.07, 6.45) is 0.729. The predicted octanol–water partition coefficient (Wildman–Crippen LogP) is 5.36. The van der Waals surface area contributed by atoms with Gasteiger partial charge in [0.1, 0.15) is 23.8 Å². The Bertz CT molecular complexity index is 1140. The number of oxazole rings is 1. The van der Waals surface area contributed by atoms with E-state index in [2.05, 4.69) is 17.1 Å². The smallest absolute Gasteiger partial charge is 0.344 e. The molecule has 0 spiro atoms. The summed E-state index contributed by atoms with van der Waals surface area (Å²) in [6, 6.07) is 27.4. The van der Waals surface area contributed by atoms with Crippen molar-refractivity contribution in [1.29, 1.82) is 0 Å². The molecule has 0 fully saturated rings. The molecule has 0 aliphatic heterocycles. The Labute approximate surface area is 181 Å². The summed E-state index contributed by atoms with van der Waals surface area (Å²) >= 11 is 0. The van der Waals surface area contributed by atoms with E-state index >= 15 is 0 Å². The maximum absolute atomic E-state index is 12.2. The topological polar surface area (TPSA) is 61.6 Å². The van der Waals surface area contributed by atoms with Crippen molar-refractivity contribution >= 4 is 5.97 Å². The third-order valence-electron chi connectivity index (χ3n) is 4.84. The van der Waals surface area contributed by atoms with Crippen LogP contribution < -0.4 is 4.74 Å². The van der Waals surface area contributed by atoms with Gasteiger partial charge in [-0.2, -0.15) is 0 Å². The van der Waals surface area contributed by atoms with Gasteiger partial charge >= 0.3 is 5.97 Å². The van der Waals surface area contributed by atoms with Crippen LogP contribution in [0.4, 0.5) is 0 Å². The molecule has 0 aliphatic carbocycles. The van der Waals surface area contributed by atoms with E-state index in [0.29, 0.717) is 23.1 Å². The van der Waals surface area contributed by atoms with Crippen LogP contribution in [-0.2, 0) is 22.6 Å². The monoisotopic (exact) mass is 413 g/mol. The number of rotatable bonds is 8. The summed E-state index contributed by atoms with van der Waals surface area (Å²) in [5.41, 5.74) is 3.66. The summed E-state index contributed by atoms with van der Waals surface area (Å²) in [6.45, 7) is 1.67. The van der Waals surface area contributed by atoms with Gasteiger partial charge in [0.25, 0.3) is 0 Å². The summed E-state index contributed by atoms with van der Waals surface area (Å²) < 4.78 is 16.8. The van der Waals surface area contributed by atoms with Crippen molar-refractivity contribution in [3.8, 4) is 17.2 Å². The first-order valence-electron chi connectivity index (χ1n) is 10.1. The Balaban J connectivity index is 1.33. The molecule has 5 nitrogen and oxygen atoms in total. The molecule has 0 amide bonds. The Kier molecular flexibility index (Phi) is 6.43. The molecule has 4 rings (SSSR count). The zero-order chi connectivity index (χ0) is 21.5. The molecule has 31 heavy (non-hydrogen) atoms. The number of hydrogen-bond donors (Lipinski definition) is 0. The molecule has 0 radical (unpaired) electrons. The average Bonchev–Trinajstić information content (AvgIpc) is 3.19. The van der Waals surface area contributed by atoms with Gasteiger partial charge in [0.05, 0.1) is 0 Å². The number of aryl methyl sites for hydroxylation is 1. The van der Waals surface area contributed by atoms with Crippen molar-refractivity contribution in [3.63, 3.8) is 0 Å². The second-order valence-corrected chi connectivity index (χ2v) is 7.11. The molecule has 0 unspecified atom stereocenters. The fourth-order valence-electron chi connectivity index (χ4n) is 3.20. The summed E-state index contributed by atoms with van der Waals surface area (Å²) in [4.78, 5) is 16.7. The van der Waals surface area contributed by atoms with Gasteiger partial charge in [-0.3, -0.25) is 0 Å². The molecule has 4 aromatic rings. The van der Waals surface area contributed by atoms with E-state index in [0.717, 1.165) is 17.5 Å². The van der Waals surface area contributed by atoms with Crippen molar-refractivity contribution in [2.45, 2.75) is 20.0 Å². The van der Waals surface area contributed by atoms with Crippen LogP contribution in [0.5, 0.6) is 5.75 Å². The van der Waals surface area contributed by atoms with Crippen LogP contribution in [0.1, 0.15) is 22.6 Å². The van der Waals surface area contributed by atoms with Gasteiger partial charge in [-0.15, -0.1) is 0 Å². The van der Waals surface area contributed by atoms with Crippen molar-refractivity contribution in [1.82, 2.24) is 4.98 Å². The standard InChI is InChI=1S/C26H23NO4/c1-19-23(27-26(31-19)21-12-6-3-7-13-21)17-30-25(28)18-29-24-15-9-8-14-22(24)16-20-10-4-2-5-11-20/h2-15H,16-18H2,1H3. The number of nitrogens with zero attached hydrogens (tertiary/aromatic N) is 1. The molecule has 3 aromatic carbocycles. The number of benzene rings is 3. The van der Waals surface area contributed by atoms with E-state index in [1.807, 2.05) is 72.8 Å². The quantitative estimate of drug-likeness (QED) is 0.364. The SMILES string of the molecule is Cc1oc(-c2ccccc2)nc1COC(=O)COc1ccccc1Cc1ccccc1. The third-order valence-corrected chi connectivity index (χ3v) is 4.84. The summed E-state index contributed by atoms with van der Waals surface area (Å²) in [5, 5.41) is 0. The van der Waals surface area contributed by atoms with Crippen molar-refractivity contribution in [3.05, 3.63) is 108 Å². The van der Waals surface area contributed by atoms with Gasteiger partial charge < -0.3 is 13.9 Å². The first-order chi connectivity index (χ1) is 15.2. The highest BCUT2D eigenvalue weighted by atomic mass is 16.6. The molecular weight excluding hydrogens is 390 g/mol. The lowest BCUT2D eigenvalue weighted by molar-refractivity contribution is -0.147. The van der Waals surface area contributed by atoms with Crippen LogP contribution in [0, 0.1) is 6.92 Å². The molecular formula is C26H23NO4. The Hall–Kier alpha value is -3.86. The predicted molar refractivity (Wildman–Crippen MR) is 118 cm³/mol. The summed E-state index contributed by atoms with van der Waals surface area (Å²) in [7, 11) is 0. The zero-order valence-corrected chi connectivity index (χ0v) is 17.3. The van der Waals surface area contributed by atoms with E-state index in [-0.39, 0.29) is 13.2 Å². The first kappa shape index (κ1) is 20.4. The Morgan fingerprint density at radius 3 is 2.35 bits per heavy atom. The molecule has 0 atom stereocenters. The first-order valence-corrected chi connectivity index (χ1v) is 10.1. The van der Waals surface area contributed by atoms with Crippen molar-refractivity contribution in [2.24, 2.45) is 0 Å². The fourth-order valence-corrected chi connectivity index (χ4v) is 3.20. The Morgan fingerprint density at radius 1 is 0.903 bits per heavy atom. The highest BCUT2D eigenvalue weighted by Crippen LogP contribution is 2.23. The molecule has 156 valence electrons. The lowest BCUT2D eigenvalue weighted by Crippen LogP contribution is -2.15. The van der Waals surface area contributed by atoms with E-state index in [1.54, 1.807) is 6.92 Å². The van der Waals surface area contributed by atoms with Gasteiger partial charge in [-0.1, -0.05) is 66.7 Å². The molecule has 0 N–H and O–H groups in total. The van der Waals surface area contributed by atoms with E-state index in [9.17, 15) is 4.79 Å². The molecule has 0 aliphatic rings. The van der Waals surface area contributed by atoms with Crippen LogP contribution in [0.25, 0.3) is 11.5 Å². The minimum Gasteiger partial charge on any atom is -0.482 e. The minimum absolute atomic E-state index is 0.0377. The lowest BCUT2D eigenvalue weighted by Gasteiger charge is -2.11. The van der Waals surface area contributed by atoms with Gasteiger partial charge in [-0.25, -0.2) is 9.78 Å². The molecule has 0 saturated heterocycles. The summed E-state index contributed by atoms with van der Waals surface area (Å²) in [5.74, 6) is 1.35. The molecule has 5 heteroatoms. The maximum Gasteiger partial charge on any atom is 0.344 e. The molecule has 0 saturated carbocycles. The number of para-hydroxylation sites is 1. The molecule has 0 bridgehead atoms. The number of ether oxygens (including phenoxy) is 2. The number of aromatic nitrogens is 1. The van der Waals surface area contributed by atoms with E-state index in [1.165, 1.54) is 5.56 Å². The normalized spacial score (nSPS) is 10.6. The number of carbonyl (C=O) groups is 1. The van der Waals surface area contributed by atoms with E-state index in [4.69, 9.17) is 13.9 Å². The van der Waals surface area contributed by atoms with Gasteiger partial charge in [0, 0.05) is 12.0 Å². The highest BCUT2D eigenvalue weighted by molar-refractivity contribution is 5.71. The van der Waals surface area contributed by atoms with Crippen molar-refractivity contribution in [2.75, 3.05) is 6.61 Å². The van der Waals surface area contributed by atoms with Crippen LogP contribution in [-0.4, -0.2) is 17.6 Å². The van der Waals surface area contributed by atoms with Gasteiger partial charge in [0.15, 0.2) is 6.61 Å². The minimum atomic E-state index is -0.460. The number of hydrogen-bond acceptors (Lipinski definition) is 5. The van der Waals surface area contributed by atoms with Crippen LogP contribution in [0.2, 0.25) is 0 Å². The van der Waals surface area contributed by atoms with Crippen LogP contribution >= 0.6 is 0 Å².